The molecule has 110 valence electrons. The van der Waals surface area contributed by atoms with E-state index in [1.807, 2.05) is 31.2 Å². The van der Waals surface area contributed by atoms with Crippen molar-refractivity contribution in [2.75, 3.05) is 0 Å². The number of hydrogen-bond acceptors (Lipinski definition) is 3. The predicted molar refractivity (Wildman–Crippen MR) is 84.8 cm³/mol. The van der Waals surface area contributed by atoms with Crippen molar-refractivity contribution in [3.05, 3.63) is 73.8 Å². The molecule has 0 spiro atoms. The minimum absolute atomic E-state index is 0.0425. The molecular formula is C15H14Cl2N2O2. The molecule has 0 fully saturated rings. The average molecular weight is 325 g/mol. The third-order valence-electron chi connectivity index (χ3n) is 3.21. The molecule has 0 aliphatic carbocycles. The van der Waals surface area contributed by atoms with Crippen molar-refractivity contribution < 1.29 is 4.92 Å². The van der Waals surface area contributed by atoms with Crippen LogP contribution in [0.3, 0.4) is 0 Å². The van der Waals surface area contributed by atoms with Crippen LogP contribution >= 0.6 is 23.2 Å². The maximum absolute atomic E-state index is 11.0. The Morgan fingerprint density at radius 2 is 1.76 bits per heavy atom. The standard InChI is InChI=1S/C15H14Cl2N2O2/c1-10(11-2-4-13(16)5-3-11)18-9-12-8-14(17)6-7-15(12)19(20)21/h2-8,10,18H,9H2,1H3/t10-/m0/s1. The molecule has 0 amide bonds. The molecule has 0 unspecified atom stereocenters. The normalized spacial score (nSPS) is 12.1. The van der Waals surface area contributed by atoms with Gasteiger partial charge in [0.25, 0.3) is 5.69 Å². The molecule has 4 nitrogen and oxygen atoms in total. The first-order valence-electron chi connectivity index (χ1n) is 6.39. The highest BCUT2D eigenvalue weighted by Crippen LogP contribution is 2.24. The van der Waals surface area contributed by atoms with Crippen LogP contribution in [0, 0.1) is 10.1 Å². The molecule has 0 aromatic heterocycles. The molecule has 0 bridgehead atoms. The number of rotatable bonds is 5. The van der Waals surface area contributed by atoms with E-state index in [-0.39, 0.29) is 11.7 Å². The van der Waals surface area contributed by atoms with Gasteiger partial charge < -0.3 is 5.32 Å². The van der Waals surface area contributed by atoms with Crippen LogP contribution in [-0.2, 0) is 6.54 Å². The largest absolute Gasteiger partial charge is 0.306 e. The van der Waals surface area contributed by atoms with Crippen LogP contribution in [-0.4, -0.2) is 4.92 Å². The fraction of sp³-hybridized carbons (Fsp3) is 0.200. The highest BCUT2D eigenvalue weighted by atomic mass is 35.5. The van der Waals surface area contributed by atoms with Gasteiger partial charge >= 0.3 is 0 Å². The highest BCUT2D eigenvalue weighted by molar-refractivity contribution is 6.30. The van der Waals surface area contributed by atoms with Gasteiger partial charge in [-0.05, 0) is 36.8 Å². The van der Waals surface area contributed by atoms with Crippen LogP contribution in [0.1, 0.15) is 24.1 Å². The monoisotopic (exact) mass is 324 g/mol. The number of nitro groups is 1. The minimum Gasteiger partial charge on any atom is -0.306 e. The van der Waals surface area contributed by atoms with Crippen molar-refractivity contribution in [1.29, 1.82) is 0 Å². The number of halogens is 2. The Hall–Kier alpha value is -1.62. The van der Waals surface area contributed by atoms with E-state index in [9.17, 15) is 10.1 Å². The molecule has 0 saturated carbocycles. The molecule has 2 rings (SSSR count). The first-order chi connectivity index (χ1) is 9.97. The zero-order chi connectivity index (χ0) is 15.4. The van der Waals surface area contributed by atoms with Gasteiger partial charge in [0.05, 0.1) is 4.92 Å². The lowest BCUT2D eigenvalue weighted by molar-refractivity contribution is -0.385. The summed E-state index contributed by atoms with van der Waals surface area (Å²) in [4.78, 5) is 10.6. The lowest BCUT2D eigenvalue weighted by atomic mass is 10.1. The van der Waals surface area contributed by atoms with Crippen LogP contribution in [0.4, 0.5) is 5.69 Å². The Morgan fingerprint density at radius 3 is 2.38 bits per heavy atom. The topological polar surface area (TPSA) is 55.2 Å². The zero-order valence-electron chi connectivity index (χ0n) is 11.3. The number of nitrogens with zero attached hydrogens (tertiary/aromatic N) is 1. The molecule has 2 aromatic rings. The van der Waals surface area contributed by atoms with E-state index in [1.165, 1.54) is 12.1 Å². The first-order valence-corrected chi connectivity index (χ1v) is 7.14. The molecule has 0 aliphatic rings. The number of hydrogen-bond donors (Lipinski definition) is 1. The minimum atomic E-state index is -0.402. The Balaban J connectivity index is 2.10. The third kappa shape index (κ3) is 4.17. The van der Waals surface area contributed by atoms with Crippen molar-refractivity contribution in [2.24, 2.45) is 0 Å². The van der Waals surface area contributed by atoms with Crippen LogP contribution in [0.25, 0.3) is 0 Å². The molecule has 21 heavy (non-hydrogen) atoms. The number of nitro benzene ring substituents is 1. The fourth-order valence-corrected chi connectivity index (χ4v) is 2.33. The summed E-state index contributed by atoms with van der Waals surface area (Å²) in [7, 11) is 0. The molecule has 0 saturated heterocycles. The second-order valence-corrected chi connectivity index (χ2v) is 5.56. The maximum atomic E-state index is 11.0. The lowest BCUT2D eigenvalue weighted by Crippen LogP contribution is -2.18. The van der Waals surface area contributed by atoms with Crippen molar-refractivity contribution >= 4 is 28.9 Å². The summed E-state index contributed by atoms with van der Waals surface area (Å²) < 4.78 is 0. The van der Waals surface area contributed by atoms with Gasteiger partial charge in [-0.3, -0.25) is 10.1 Å². The average Bonchev–Trinajstić information content (AvgIpc) is 2.45. The van der Waals surface area contributed by atoms with Crippen LogP contribution in [0.5, 0.6) is 0 Å². The maximum Gasteiger partial charge on any atom is 0.273 e. The molecule has 0 heterocycles. The molecule has 6 heteroatoms. The Bertz CT molecular complexity index is 645. The molecule has 1 atom stereocenters. The van der Waals surface area contributed by atoms with E-state index >= 15 is 0 Å². The second kappa shape index (κ2) is 6.89. The van der Waals surface area contributed by atoms with Crippen molar-refractivity contribution in [2.45, 2.75) is 19.5 Å². The smallest absolute Gasteiger partial charge is 0.273 e. The van der Waals surface area contributed by atoms with Gasteiger partial charge in [-0.1, -0.05) is 35.3 Å². The van der Waals surface area contributed by atoms with Crippen LogP contribution in [0.15, 0.2) is 42.5 Å². The van der Waals surface area contributed by atoms with E-state index < -0.39 is 4.92 Å². The number of nitrogens with one attached hydrogen (secondary N) is 1. The van der Waals surface area contributed by atoms with Gasteiger partial charge in [-0.2, -0.15) is 0 Å². The van der Waals surface area contributed by atoms with Crippen molar-refractivity contribution in [3.63, 3.8) is 0 Å². The van der Waals surface area contributed by atoms with Crippen molar-refractivity contribution in [3.8, 4) is 0 Å². The number of benzene rings is 2. The van der Waals surface area contributed by atoms with Crippen LogP contribution < -0.4 is 5.32 Å². The summed E-state index contributed by atoms with van der Waals surface area (Å²) in [6.07, 6.45) is 0. The molecule has 2 aromatic carbocycles. The molecule has 0 aliphatic heterocycles. The summed E-state index contributed by atoms with van der Waals surface area (Å²) in [5.74, 6) is 0. The summed E-state index contributed by atoms with van der Waals surface area (Å²) in [5.41, 5.74) is 1.69. The molecule has 1 N–H and O–H groups in total. The fourth-order valence-electron chi connectivity index (χ4n) is 2.01. The van der Waals surface area contributed by atoms with Gasteiger partial charge in [0, 0.05) is 34.3 Å². The Kier molecular flexibility index (Phi) is 5.17. The quantitative estimate of drug-likeness (QED) is 0.637. The van der Waals surface area contributed by atoms with E-state index in [0.29, 0.717) is 22.2 Å². The summed E-state index contributed by atoms with van der Waals surface area (Å²) in [5, 5.41) is 15.4. The lowest BCUT2D eigenvalue weighted by Gasteiger charge is -2.14. The van der Waals surface area contributed by atoms with E-state index in [2.05, 4.69) is 5.32 Å². The second-order valence-electron chi connectivity index (χ2n) is 4.68. The summed E-state index contributed by atoms with van der Waals surface area (Å²) in [6.45, 7) is 2.35. The van der Waals surface area contributed by atoms with Gasteiger partial charge in [-0.25, -0.2) is 0 Å². The van der Waals surface area contributed by atoms with Gasteiger partial charge in [0.2, 0.25) is 0 Å². The molecule has 0 radical (unpaired) electrons. The van der Waals surface area contributed by atoms with Crippen LogP contribution in [0.2, 0.25) is 10.0 Å². The van der Waals surface area contributed by atoms with Gasteiger partial charge in [0.15, 0.2) is 0 Å². The Labute approximate surface area is 132 Å². The van der Waals surface area contributed by atoms with Gasteiger partial charge in [0.1, 0.15) is 0 Å². The Morgan fingerprint density at radius 1 is 1.14 bits per heavy atom. The van der Waals surface area contributed by atoms with E-state index in [4.69, 9.17) is 23.2 Å². The predicted octanol–water partition coefficient (Wildman–Crippen LogP) is 4.75. The highest BCUT2D eigenvalue weighted by Gasteiger charge is 2.14. The zero-order valence-corrected chi connectivity index (χ0v) is 12.9. The summed E-state index contributed by atoms with van der Waals surface area (Å²) in [6, 6.07) is 12.1. The van der Waals surface area contributed by atoms with Gasteiger partial charge in [-0.15, -0.1) is 0 Å². The van der Waals surface area contributed by atoms with E-state index in [1.54, 1.807) is 6.07 Å². The SMILES string of the molecule is C[C@H](NCc1cc(Cl)ccc1[N+](=O)[O-])c1ccc(Cl)cc1. The third-order valence-corrected chi connectivity index (χ3v) is 3.69. The van der Waals surface area contributed by atoms with Crippen molar-refractivity contribution in [1.82, 2.24) is 5.32 Å². The molecular weight excluding hydrogens is 311 g/mol. The first kappa shape index (κ1) is 15.8. The summed E-state index contributed by atoms with van der Waals surface area (Å²) >= 11 is 11.8. The van der Waals surface area contributed by atoms with E-state index in [0.717, 1.165) is 5.56 Å².